The highest BCUT2D eigenvalue weighted by molar-refractivity contribution is 6.04. The lowest BCUT2D eigenvalue weighted by atomic mass is 9.98. The third-order valence-corrected chi connectivity index (χ3v) is 6.26. The topological polar surface area (TPSA) is 79.5 Å². The first kappa shape index (κ1) is 24.4. The highest BCUT2D eigenvalue weighted by Gasteiger charge is 2.21. The van der Waals surface area contributed by atoms with Gasteiger partial charge in [-0.2, -0.15) is 0 Å². The second-order valence-electron chi connectivity index (χ2n) is 8.69. The van der Waals surface area contributed by atoms with Gasteiger partial charge in [-0.05, 0) is 60.4 Å². The highest BCUT2D eigenvalue weighted by atomic mass is 19.1. The van der Waals surface area contributed by atoms with Crippen LogP contribution in [0.15, 0.2) is 72.8 Å². The standard InChI is InChI=1S/C28H30FN3O3/c1-35-23-16-12-20(13-17-23)27(19-10-14-21(29)15-11-19)30-18-26(33)32-25-9-5-4-8-24(25)28(34)31-22-6-2-3-7-22/h4-5,8-17,22,27,30H,2-3,6-7,18H2,1H3,(H,31,34)(H,32,33). The van der Waals surface area contributed by atoms with E-state index in [1.807, 2.05) is 24.3 Å². The number of anilines is 1. The number of hydrogen-bond acceptors (Lipinski definition) is 4. The molecule has 182 valence electrons. The molecular formula is C28H30FN3O3. The molecule has 1 fully saturated rings. The van der Waals surface area contributed by atoms with Gasteiger partial charge in [0.25, 0.3) is 5.91 Å². The zero-order chi connectivity index (χ0) is 24.6. The Morgan fingerprint density at radius 1 is 0.943 bits per heavy atom. The van der Waals surface area contributed by atoms with E-state index in [9.17, 15) is 14.0 Å². The van der Waals surface area contributed by atoms with Crippen molar-refractivity contribution in [1.82, 2.24) is 10.6 Å². The van der Waals surface area contributed by atoms with Gasteiger partial charge < -0.3 is 15.4 Å². The molecule has 35 heavy (non-hydrogen) atoms. The Labute approximate surface area is 204 Å². The molecule has 2 amide bonds. The Kier molecular flexibility index (Phi) is 8.11. The Bertz CT molecular complexity index is 1140. The number of benzene rings is 3. The summed E-state index contributed by atoms with van der Waals surface area (Å²) in [5, 5.41) is 9.19. The number of ether oxygens (including phenoxy) is 1. The lowest BCUT2D eigenvalue weighted by molar-refractivity contribution is -0.115. The van der Waals surface area contributed by atoms with Gasteiger partial charge in [0.2, 0.25) is 5.91 Å². The number of rotatable bonds is 9. The van der Waals surface area contributed by atoms with Crippen LogP contribution in [0.3, 0.4) is 0 Å². The van der Waals surface area contributed by atoms with Crippen LogP contribution in [-0.2, 0) is 4.79 Å². The van der Waals surface area contributed by atoms with Gasteiger partial charge in [-0.25, -0.2) is 4.39 Å². The Morgan fingerprint density at radius 2 is 1.57 bits per heavy atom. The van der Waals surface area contributed by atoms with E-state index in [4.69, 9.17) is 4.74 Å². The van der Waals surface area contributed by atoms with E-state index in [1.165, 1.54) is 12.1 Å². The van der Waals surface area contributed by atoms with E-state index >= 15 is 0 Å². The fourth-order valence-electron chi connectivity index (χ4n) is 4.39. The van der Waals surface area contributed by atoms with E-state index in [2.05, 4.69) is 16.0 Å². The van der Waals surface area contributed by atoms with Crippen LogP contribution < -0.4 is 20.7 Å². The number of amides is 2. The molecule has 0 heterocycles. The van der Waals surface area contributed by atoms with Gasteiger partial charge in [0.15, 0.2) is 0 Å². The SMILES string of the molecule is COc1ccc(C(NCC(=O)Nc2ccccc2C(=O)NC2CCCC2)c2ccc(F)cc2)cc1. The van der Waals surface area contributed by atoms with E-state index < -0.39 is 0 Å². The molecule has 3 N–H and O–H groups in total. The van der Waals surface area contributed by atoms with Crippen LogP contribution >= 0.6 is 0 Å². The summed E-state index contributed by atoms with van der Waals surface area (Å²) in [4.78, 5) is 25.7. The molecule has 6 nitrogen and oxygen atoms in total. The Balaban J connectivity index is 1.45. The average molecular weight is 476 g/mol. The molecule has 1 atom stereocenters. The van der Waals surface area contributed by atoms with Crippen LogP contribution in [-0.4, -0.2) is 31.5 Å². The van der Waals surface area contributed by atoms with Crippen LogP contribution in [0.2, 0.25) is 0 Å². The summed E-state index contributed by atoms with van der Waals surface area (Å²) >= 11 is 0. The number of para-hydroxylation sites is 1. The lowest BCUT2D eigenvalue weighted by Crippen LogP contribution is -2.34. The van der Waals surface area contributed by atoms with Gasteiger partial charge in [0, 0.05) is 6.04 Å². The molecule has 0 spiro atoms. The fraction of sp³-hybridized carbons (Fsp3) is 0.286. The molecule has 4 rings (SSSR count). The van der Waals surface area contributed by atoms with E-state index in [-0.39, 0.29) is 36.3 Å². The molecule has 1 aliphatic carbocycles. The van der Waals surface area contributed by atoms with Gasteiger partial charge in [0.05, 0.1) is 30.9 Å². The van der Waals surface area contributed by atoms with Gasteiger partial charge >= 0.3 is 0 Å². The van der Waals surface area contributed by atoms with Gasteiger partial charge in [-0.3, -0.25) is 14.9 Å². The molecular weight excluding hydrogens is 445 g/mol. The smallest absolute Gasteiger partial charge is 0.253 e. The maximum absolute atomic E-state index is 13.5. The monoisotopic (exact) mass is 475 g/mol. The van der Waals surface area contributed by atoms with E-state index in [0.29, 0.717) is 11.3 Å². The normalized spacial score (nSPS) is 14.3. The summed E-state index contributed by atoms with van der Waals surface area (Å²) < 4.78 is 18.7. The molecule has 1 aliphatic rings. The zero-order valence-corrected chi connectivity index (χ0v) is 19.7. The van der Waals surface area contributed by atoms with Crippen LogP contribution in [0.5, 0.6) is 5.75 Å². The third-order valence-electron chi connectivity index (χ3n) is 6.26. The van der Waals surface area contributed by atoms with Crippen molar-refractivity contribution in [3.63, 3.8) is 0 Å². The molecule has 0 aliphatic heterocycles. The Hall–Kier alpha value is -3.71. The quantitative estimate of drug-likeness (QED) is 0.414. The Morgan fingerprint density at radius 3 is 2.23 bits per heavy atom. The van der Waals surface area contributed by atoms with Gasteiger partial charge in [-0.15, -0.1) is 0 Å². The number of carbonyl (C=O) groups excluding carboxylic acids is 2. The van der Waals surface area contributed by atoms with Crippen LogP contribution in [0.4, 0.5) is 10.1 Å². The summed E-state index contributed by atoms with van der Waals surface area (Å²) in [6.45, 7) is -0.00729. The predicted octanol–water partition coefficient (Wildman–Crippen LogP) is 4.82. The largest absolute Gasteiger partial charge is 0.497 e. The molecule has 3 aromatic carbocycles. The molecule has 0 aromatic heterocycles. The van der Waals surface area contributed by atoms with Crippen LogP contribution in [0.1, 0.15) is 53.2 Å². The van der Waals surface area contributed by atoms with Crippen LogP contribution in [0.25, 0.3) is 0 Å². The summed E-state index contributed by atoms with van der Waals surface area (Å²) in [6.07, 6.45) is 4.22. The summed E-state index contributed by atoms with van der Waals surface area (Å²) in [7, 11) is 1.60. The van der Waals surface area contributed by atoms with Gasteiger partial charge in [-0.1, -0.05) is 49.2 Å². The molecule has 1 saturated carbocycles. The number of carbonyl (C=O) groups is 2. The van der Waals surface area contributed by atoms with Crippen molar-refractivity contribution < 1.29 is 18.7 Å². The minimum atomic E-state index is -0.340. The maximum atomic E-state index is 13.5. The van der Waals surface area contributed by atoms with Crippen molar-refractivity contribution in [2.45, 2.75) is 37.8 Å². The van der Waals surface area contributed by atoms with Crippen molar-refractivity contribution in [2.24, 2.45) is 0 Å². The maximum Gasteiger partial charge on any atom is 0.253 e. The number of halogens is 1. The lowest BCUT2D eigenvalue weighted by Gasteiger charge is -2.20. The molecule has 0 saturated heterocycles. The zero-order valence-electron chi connectivity index (χ0n) is 19.7. The predicted molar refractivity (Wildman–Crippen MR) is 134 cm³/mol. The molecule has 7 heteroatoms. The number of nitrogens with one attached hydrogen (secondary N) is 3. The number of hydrogen-bond donors (Lipinski definition) is 3. The summed E-state index contributed by atoms with van der Waals surface area (Å²) in [5.74, 6) is -0.0702. The van der Waals surface area contributed by atoms with E-state index in [1.54, 1.807) is 43.5 Å². The molecule has 0 bridgehead atoms. The molecule has 1 unspecified atom stereocenters. The summed E-state index contributed by atoms with van der Waals surface area (Å²) in [6, 6.07) is 20.5. The second-order valence-corrected chi connectivity index (χ2v) is 8.69. The first-order valence-corrected chi connectivity index (χ1v) is 11.9. The van der Waals surface area contributed by atoms with Crippen molar-refractivity contribution in [2.75, 3.05) is 19.0 Å². The first-order valence-electron chi connectivity index (χ1n) is 11.9. The third kappa shape index (κ3) is 6.45. The fourth-order valence-corrected chi connectivity index (χ4v) is 4.39. The minimum Gasteiger partial charge on any atom is -0.497 e. The van der Waals surface area contributed by atoms with Crippen LogP contribution in [0, 0.1) is 5.82 Å². The van der Waals surface area contributed by atoms with E-state index in [0.717, 1.165) is 42.6 Å². The summed E-state index contributed by atoms with van der Waals surface area (Å²) in [5.41, 5.74) is 2.64. The van der Waals surface area contributed by atoms with Crippen molar-refractivity contribution in [1.29, 1.82) is 0 Å². The second kappa shape index (κ2) is 11.6. The first-order chi connectivity index (χ1) is 17.0. The minimum absolute atomic E-state index is 0.00729. The molecule has 0 radical (unpaired) electrons. The van der Waals surface area contributed by atoms with Crippen molar-refractivity contribution >= 4 is 17.5 Å². The highest BCUT2D eigenvalue weighted by Crippen LogP contribution is 2.25. The van der Waals surface area contributed by atoms with Gasteiger partial charge in [0.1, 0.15) is 11.6 Å². The van der Waals surface area contributed by atoms with Crippen molar-refractivity contribution in [3.05, 3.63) is 95.3 Å². The molecule has 3 aromatic rings. The average Bonchev–Trinajstić information content (AvgIpc) is 3.39. The van der Waals surface area contributed by atoms with Crippen molar-refractivity contribution in [3.8, 4) is 5.75 Å². The number of methoxy groups -OCH3 is 1.